The van der Waals surface area contributed by atoms with E-state index in [4.69, 9.17) is 24.6 Å². The Bertz CT molecular complexity index is 1040. The van der Waals surface area contributed by atoms with Crippen LogP contribution in [0, 0.1) is 11.3 Å². The molecule has 0 radical (unpaired) electrons. The minimum absolute atomic E-state index is 0.309. The van der Waals surface area contributed by atoms with E-state index in [2.05, 4.69) is 6.07 Å². The van der Waals surface area contributed by atoms with Gasteiger partial charge in [0.2, 0.25) is 0 Å². The lowest BCUT2D eigenvalue weighted by molar-refractivity contribution is -0.148. The number of carboxylic acid groups (broad SMARTS) is 1. The number of nitriles is 1. The predicted molar refractivity (Wildman–Crippen MR) is 121 cm³/mol. The van der Waals surface area contributed by atoms with Gasteiger partial charge in [-0.05, 0) is 53.1 Å². The van der Waals surface area contributed by atoms with Crippen molar-refractivity contribution in [3.05, 3.63) is 83.9 Å². The summed E-state index contributed by atoms with van der Waals surface area (Å²) >= 11 is 0. The Kier molecular flexibility index (Phi) is 8.24. The number of nitrogens with zero attached hydrogens (tertiary/aromatic N) is 1. The molecule has 164 valence electrons. The molecule has 0 bridgehead atoms. The van der Waals surface area contributed by atoms with Crippen LogP contribution in [-0.2, 0) is 16.0 Å². The Morgan fingerprint density at radius 1 is 0.875 bits per heavy atom. The zero-order valence-electron chi connectivity index (χ0n) is 17.9. The molecule has 3 aromatic rings. The van der Waals surface area contributed by atoms with E-state index in [1.54, 1.807) is 12.1 Å². The van der Waals surface area contributed by atoms with E-state index < -0.39 is 12.1 Å². The maximum Gasteiger partial charge on any atom is 0.333 e. The third-order valence-electron chi connectivity index (χ3n) is 4.93. The molecule has 0 aliphatic rings. The summed E-state index contributed by atoms with van der Waals surface area (Å²) in [6, 6.07) is 24.8. The van der Waals surface area contributed by atoms with E-state index in [0.29, 0.717) is 25.2 Å². The summed E-state index contributed by atoms with van der Waals surface area (Å²) in [6.07, 6.45) is 0.186. The Hall–Kier alpha value is -3.82. The smallest absolute Gasteiger partial charge is 0.333 e. The molecule has 0 spiro atoms. The lowest BCUT2D eigenvalue weighted by Crippen LogP contribution is -2.24. The largest absolute Gasteiger partial charge is 0.493 e. The number of carboxylic acids is 1. The molecule has 32 heavy (non-hydrogen) atoms. The van der Waals surface area contributed by atoms with E-state index >= 15 is 0 Å². The van der Waals surface area contributed by atoms with Crippen molar-refractivity contribution in [1.29, 1.82) is 5.26 Å². The fourth-order valence-electron chi connectivity index (χ4n) is 3.13. The van der Waals surface area contributed by atoms with Gasteiger partial charge in [-0.3, -0.25) is 0 Å². The van der Waals surface area contributed by atoms with Crippen LogP contribution in [0.1, 0.15) is 17.5 Å². The van der Waals surface area contributed by atoms with Crippen LogP contribution in [0.2, 0.25) is 0 Å². The molecule has 0 aromatic heterocycles. The van der Waals surface area contributed by atoms with Crippen molar-refractivity contribution in [3.63, 3.8) is 0 Å². The van der Waals surface area contributed by atoms with Gasteiger partial charge in [0, 0.05) is 20.0 Å². The third kappa shape index (κ3) is 6.59. The molecule has 6 nitrogen and oxygen atoms in total. The Morgan fingerprint density at radius 2 is 1.38 bits per heavy atom. The van der Waals surface area contributed by atoms with E-state index in [1.807, 2.05) is 60.7 Å². The Labute approximate surface area is 187 Å². The molecular formula is C26H25NO5. The minimum Gasteiger partial charge on any atom is -0.493 e. The second-order valence-corrected chi connectivity index (χ2v) is 7.17. The summed E-state index contributed by atoms with van der Waals surface area (Å²) in [6.45, 7) is 1.04. The lowest BCUT2D eigenvalue weighted by Gasteiger charge is -2.11. The van der Waals surface area contributed by atoms with Crippen LogP contribution >= 0.6 is 0 Å². The molecule has 0 saturated carbocycles. The molecule has 3 aromatic carbocycles. The van der Waals surface area contributed by atoms with Gasteiger partial charge in [-0.1, -0.05) is 36.4 Å². The highest BCUT2D eigenvalue weighted by molar-refractivity contribution is 5.72. The van der Waals surface area contributed by atoms with E-state index in [-0.39, 0.29) is 0 Å². The monoisotopic (exact) mass is 431 g/mol. The molecular weight excluding hydrogens is 406 g/mol. The summed E-state index contributed by atoms with van der Waals surface area (Å²) in [5.74, 6) is 0.541. The molecule has 0 saturated heterocycles. The summed E-state index contributed by atoms with van der Waals surface area (Å²) in [7, 11) is 1.39. The number of hydrogen-bond donors (Lipinski definition) is 1. The van der Waals surface area contributed by atoms with Gasteiger partial charge in [-0.2, -0.15) is 5.26 Å². The van der Waals surface area contributed by atoms with Crippen molar-refractivity contribution >= 4 is 5.97 Å². The lowest BCUT2D eigenvalue weighted by atomic mass is 10.0. The standard InChI is InChI=1S/C26H25NO5/c1-30-25(26(28)29)17-19-5-11-23(12-6-19)31-15-2-16-32-24-13-9-22(10-14-24)21-7-3-20(18-27)4-8-21/h3-14,25H,2,15-17H2,1H3,(H,28,29)/t25-/m0/s1. The van der Waals surface area contributed by atoms with Crippen molar-refractivity contribution in [2.24, 2.45) is 0 Å². The molecule has 0 fully saturated rings. The zero-order valence-corrected chi connectivity index (χ0v) is 17.9. The highest BCUT2D eigenvalue weighted by Gasteiger charge is 2.16. The van der Waals surface area contributed by atoms with Gasteiger partial charge < -0.3 is 19.3 Å². The second kappa shape index (κ2) is 11.5. The second-order valence-electron chi connectivity index (χ2n) is 7.17. The Morgan fingerprint density at radius 3 is 1.84 bits per heavy atom. The normalized spacial score (nSPS) is 11.4. The molecule has 0 heterocycles. The zero-order chi connectivity index (χ0) is 22.8. The summed E-state index contributed by atoms with van der Waals surface area (Å²) in [5, 5.41) is 17.9. The highest BCUT2D eigenvalue weighted by atomic mass is 16.5. The number of hydrogen-bond acceptors (Lipinski definition) is 5. The van der Waals surface area contributed by atoms with Crippen molar-refractivity contribution < 1.29 is 24.1 Å². The van der Waals surface area contributed by atoms with Crippen LogP contribution in [0.3, 0.4) is 0 Å². The molecule has 1 atom stereocenters. The van der Waals surface area contributed by atoms with Gasteiger partial charge in [0.1, 0.15) is 11.5 Å². The van der Waals surface area contributed by atoms with Gasteiger partial charge in [-0.15, -0.1) is 0 Å². The molecule has 0 aliphatic carbocycles. The van der Waals surface area contributed by atoms with Crippen LogP contribution in [-0.4, -0.2) is 37.5 Å². The van der Waals surface area contributed by atoms with Crippen molar-refractivity contribution in [2.75, 3.05) is 20.3 Å². The van der Waals surface area contributed by atoms with E-state index in [9.17, 15) is 4.79 Å². The highest BCUT2D eigenvalue weighted by Crippen LogP contribution is 2.23. The fourth-order valence-corrected chi connectivity index (χ4v) is 3.13. The van der Waals surface area contributed by atoms with Crippen molar-refractivity contribution in [3.8, 4) is 28.7 Å². The van der Waals surface area contributed by atoms with Gasteiger partial charge in [0.15, 0.2) is 6.10 Å². The van der Waals surface area contributed by atoms with Crippen LogP contribution in [0.5, 0.6) is 11.5 Å². The number of ether oxygens (including phenoxy) is 3. The summed E-state index contributed by atoms with van der Waals surface area (Å²) < 4.78 is 16.5. The first-order valence-electron chi connectivity index (χ1n) is 10.3. The average Bonchev–Trinajstić information content (AvgIpc) is 2.83. The van der Waals surface area contributed by atoms with Crippen LogP contribution < -0.4 is 9.47 Å². The molecule has 0 aliphatic heterocycles. The van der Waals surface area contributed by atoms with Crippen molar-refractivity contribution in [1.82, 2.24) is 0 Å². The molecule has 0 amide bonds. The average molecular weight is 431 g/mol. The van der Waals surface area contributed by atoms with Gasteiger partial charge in [0.05, 0.1) is 24.8 Å². The SMILES string of the molecule is CO[C@@H](Cc1ccc(OCCCOc2ccc(-c3ccc(C#N)cc3)cc2)cc1)C(=O)O. The molecule has 3 rings (SSSR count). The van der Waals surface area contributed by atoms with E-state index in [0.717, 1.165) is 34.6 Å². The molecule has 0 unspecified atom stereocenters. The van der Waals surface area contributed by atoms with Crippen LogP contribution in [0.15, 0.2) is 72.8 Å². The minimum atomic E-state index is -0.975. The summed E-state index contributed by atoms with van der Waals surface area (Å²) in [4.78, 5) is 11.0. The predicted octanol–water partition coefficient (Wildman–Crippen LogP) is 4.72. The first-order chi connectivity index (χ1) is 15.6. The topological polar surface area (TPSA) is 88.8 Å². The number of aliphatic carboxylic acids is 1. The number of rotatable bonds is 11. The van der Waals surface area contributed by atoms with E-state index in [1.165, 1.54) is 7.11 Å². The first kappa shape index (κ1) is 22.9. The summed E-state index contributed by atoms with van der Waals surface area (Å²) in [5.41, 5.74) is 3.63. The van der Waals surface area contributed by atoms with Crippen LogP contribution in [0.4, 0.5) is 0 Å². The molecule has 1 N–H and O–H groups in total. The number of carbonyl (C=O) groups is 1. The molecule has 6 heteroatoms. The first-order valence-corrected chi connectivity index (χ1v) is 10.3. The fraction of sp³-hybridized carbons (Fsp3) is 0.231. The van der Waals surface area contributed by atoms with Gasteiger partial charge in [-0.25, -0.2) is 4.79 Å². The van der Waals surface area contributed by atoms with Gasteiger partial charge >= 0.3 is 5.97 Å². The quantitative estimate of drug-likeness (QED) is 0.442. The number of benzene rings is 3. The van der Waals surface area contributed by atoms with Crippen molar-refractivity contribution in [2.45, 2.75) is 18.9 Å². The maximum absolute atomic E-state index is 11.0. The third-order valence-corrected chi connectivity index (χ3v) is 4.93. The Balaban J connectivity index is 1.39. The van der Waals surface area contributed by atoms with Gasteiger partial charge in [0.25, 0.3) is 0 Å². The number of methoxy groups -OCH3 is 1. The maximum atomic E-state index is 11.0. The van der Waals surface area contributed by atoms with Crippen LogP contribution in [0.25, 0.3) is 11.1 Å².